The maximum Gasteiger partial charge on any atom is 0.315 e. The SMILES string of the molecule is O=C1NC[C@@H](C(=O)NCCN2CCCC2)N1. The van der Waals surface area contributed by atoms with Crippen molar-refractivity contribution in [1.29, 1.82) is 0 Å². The number of urea groups is 1. The van der Waals surface area contributed by atoms with Crippen molar-refractivity contribution in [2.75, 3.05) is 32.7 Å². The Kier molecular flexibility index (Phi) is 3.61. The van der Waals surface area contributed by atoms with Crippen LogP contribution < -0.4 is 16.0 Å². The number of likely N-dealkylation sites (tertiary alicyclic amines) is 1. The molecule has 0 saturated carbocycles. The van der Waals surface area contributed by atoms with Gasteiger partial charge in [-0.05, 0) is 25.9 Å². The molecule has 3 amide bonds. The van der Waals surface area contributed by atoms with E-state index in [4.69, 9.17) is 0 Å². The Balaban J connectivity index is 1.61. The van der Waals surface area contributed by atoms with Gasteiger partial charge in [0.05, 0.1) is 0 Å². The molecule has 0 bridgehead atoms. The molecule has 3 N–H and O–H groups in total. The van der Waals surface area contributed by atoms with Crippen LogP contribution in [-0.2, 0) is 4.79 Å². The van der Waals surface area contributed by atoms with Gasteiger partial charge in [0.15, 0.2) is 0 Å². The zero-order valence-corrected chi connectivity index (χ0v) is 9.29. The smallest absolute Gasteiger partial charge is 0.315 e. The fraction of sp³-hybridized carbons (Fsp3) is 0.800. The lowest BCUT2D eigenvalue weighted by atomic mass is 10.3. The van der Waals surface area contributed by atoms with Crippen LogP contribution in [-0.4, -0.2) is 55.6 Å². The fourth-order valence-corrected chi connectivity index (χ4v) is 2.08. The molecule has 0 aromatic carbocycles. The molecule has 2 saturated heterocycles. The van der Waals surface area contributed by atoms with Crippen LogP contribution in [0.3, 0.4) is 0 Å². The summed E-state index contributed by atoms with van der Waals surface area (Å²) in [6, 6.07) is -0.675. The summed E-state index contributed by atoms with van der Waals surface area (Å²) in [5.41, 5.74) is 0. The molecule has 0 radical (unpaired) electrons. The number of amides is 3. The molecule has 2 aliphatic heterocycles. The van der Waals surface area contributed by atoms with Crippen LogP contribution in [0, 0.1) is 0 Å². The summed E-state index contributed by atoms with van der Waals surface area (Å²) in [6.07, 6.45) is 2.52. The van der Waals surface area contributed by atoms with Gasteiger partial charge < -0.3 is 20.9 Å². The predicted octanol–water partition coefficient (Wildman–Crippen LogP) is -1.12. The van der Waals surface area contributed by atoms with E-state index < -0.39 is 6.04 Å². The van der Waals surface area contributed by atoms with Gasteiger partial charge in [0.25, 0.3) is 0 Å². The molecule has 6 heteroatoms. The summed E-state index contributed by atoms with van der Waals surface area (Å²) in [5.74, 6) is -0.0995. The average Bonchev–Trinajstić information content (AvgIpc) is 2.89. The summed E-state index contributed by atoms with van der Waals surface area (Å²) in [5, 5.41) is 7.95. The first-order valence-corrected chi connectivity index (χ1v) is 5.80. The molecular weight excluding hydrogens is 208 g/mol. The number of hydrogen-bond donors (Lipinski definition) is 3. The Labute approximate surface area is 94.7 Å². The van der Waals surface area contributed by atoms with Crippen molar-refractivity contribution in [3.63, 3.8) is 0 Å². The molecule has 2 fully saturated rings. The summed E-state index contributed by atoms with van der Waals surface area (Å²) in [4.78, 5) is 24.7. The number of hydrogen-bond acceptors (Lipinski definition) is 3. The van der Waals surface area contributed by atoms with E-state index in [1.807, 2.05) is 0 Å². The van der Waals surface area contributed by atoms with Crippen LogP contribution in [0.1, 0.15) is 12.8 Å². The third-order valence-corrected chi connectivity index (χ3v) is 3.01. The van der Waals surface area contributed by atoms with Crippen molar-refractivity contribution in [2.45, 2.75) is 18.9 Å². The van der Waals surface area contributed by atoms with E-state index in [9.17, 15) is 9.59 Å². The first-order chi connectivity index (χ1) is 7.75. The second-order valence-electron chi connectivity index (χ2n) is 4.25. The molecule has 2 rings (SSSR count). The van der Waals surface area contributed by atoms with Crippen molar-refractivity contribution >= 4 is 11.9 Å². The quantitative estimate of drug-likeness (QED) is 0.568. The highest BCUT2D eigenvalue weighted by Gasteiger charge is 2.26. The summed E-state index contributed by atoms with van der Waals surface area (Å²) in [6.45, 7) is 4.22. The van der Waals surface area contributed by atoms with E-state index in [1.54, 1.807) is 0 Å². The fourth-order valence-electron chi connectivity index (χ4n) is 2.08. The van der Waals surface area contributed by atoms with Gasteiger partial charge >= 0.3 is 6.03 Å². The first kappa shape index (κ1) is 11.2. The van der Waals surface area contributed by atoms with Gasteiger partial charge in [-0.2, -0.15) is 0 Å². The molecule has 0 aromatic heterocycles. The van der Waals surface area contributed by atoms with Gasteiger partial charge in [0.1, 0.15) is 6.04 Å². The van der Waals surface area contributed by atoms with Gasteiger partial charge in [-0.1, -0.05) is 0 Å². The second kappa shape index (κ2) is 5.16. The Morgan fingerprint density at radius 3 is 2.81 bits per heavy atom. The van der Waals surface area contributed by atoms with Crippen molar-refractivity contribution < 1.29 is 9.59 Å². The zero-order valence-electron chi connectivity index (χ0n) is 9.29. The van der Waals surface area contributed by atoms with Crippen LogP contribution in [0.25, 0.3) is 0 Å². The molecule has 0 aliphatic carbocycles. The standard InChI is InChI=1S/C10H18N4O2/c15-9(8-7-12-10(16)13-8)11-3-6-14-4-1-2-5-14/h8H,1-7H2,(H,11,15)(H2,12,13,16)/t8-/m0/s1. The lowest BCUT2D eigenvalue weighted by Crippen LogP contribution is -2.45. The maximum atomic E-state index is 11.6. The highest BCUT2D eigenvalue weighted by atomic mass is 16.2. The van der Waals surface area contributed by atoms with Gasteiger partial charge in [-0.25, -0.2) is 4.79 Å². The van der Waals surface area contributed by atoms with Gasteiger partial charge in [0, 0.05) is 19.6 Å². The van der Waals surface area contributed by atoms with Crippen molar-refractivity contribution in [2.24, 2.45) is 0 Å². The Hall–Kier alpha value is -1.30. The molecule has 90 valence electrons. The third kappa shape index (κ3) is 2.85. The average molecular weight is 226 g/mol. The molecule has 2 heterocycles. The van der Waals surface area contributed by atoms with Crippen molar-refractivity contribution in [3.8, 4) is 0 Å². The minimum Gasteiger partial charge on any atom is -0.353 e. The van der Waals surface area contributed by atoms with Crippen LogP contribution in [0.2, 0.25) is 0 Å². The molecule has 1 atom stereocenters. The highest BCUT2D eigenvalue weighted by Crippen LogP contribution is 2.05. The zero-order chi connectivity index (χ0) is 11.4. The Morgan fingerprint density at radius 2 is 2.19 bits per heavy atom. The summed E-state index contributed by atoms with van der Waals surface area (Å²) < 4.78 is 0. The van der Waals surface area contributed by atoms with Crippen LogP contribution >= 0.6 is 0 Å². The topological polar surface area (TPSA) is 73.5 Å². The molecular formula is C10H18N4O2. The van der Waals surface area contributed by atoms with E-state index in [1.165, 1.54) is 12.8 Å². The number of rotatable bonds is 4. The molecule has 6 nitrogen and oxygen atoms in total. The number of carbonyl (C=O) groups excluding carboxylic acids is 2. The van der Waals surface area contributed by atoms with Crippen LogP contribution in [0.4, 0.5) is 4.79 Å². The van der Waals surface area contributed by atoms with E-state index in [0.29, 0.717) is 13.1 Å². The van der Waals surface area contributed by atoms with Gasteiger partial charge in [0.2, 0.25) is 5.91 Å². The predicted molar refractivity (Wildman–Crippen MR) is 59.0 cm³/mol. The molecule has 0 spiro atoms. The molecule has 16 heavy (non-hydrogen) atoms. The molecule has 0 unspecified atom stereocenters. The highest BCUT2D eigenvalue weighted by molar-refractivity contribution is 5.90. The monoisotopic (exact) mass is 226 g/mol. The Morgan fingerprint density at radius 1 is 1.44 bits per heavy atom. The lowest BCUT2D eigenvalue weighted by Gasteiger charge is -2.15. The number of nitrogens with one attached hydrogen (secondary N) is 3. The minimum atomic E-state index is -0.411. The maximum absolute atomic E-state index is 11.6. The lowest BCUT2D eigenvalue weighted by molar-refractivity contribution is -0.122. The molecule has 0 aromatic rings. The molecule has 2 aliphatic rings. The minimum absolute atomic E-state index is 0.0995. The van der Waals surface area contributed by atoms with Crippen molar-refractivity contribution in [3.05, 3.63) is 0 Å². The first-order valence-electron chi connectivity index (χ1n) is 5.80. The van der Waals surface area contributed by atoms with E-state index in [2.05, 4.69) is 20.9 Å². The number of carbonyl (C=O) groups is 2. The van der Waals surface area contributed by atoms with Crippen LogP contribution in [0.15, 0.2) is 0 Å². The van der Waals surface area contributed by atoms with Crippen LogP contribution in [0.5, 0.6) is 0 Å². The number of nitrogens with zero attached hydrogens (tertiary/aromatic N) is 1. The van der Waals surface area contributed by atoms with E-state index in [-0.39, 0.29) is 11.9 Å². The van der Waals surface area contributed by atoms with Gasteiger partial charge in [-0.15, -0.1) is 0 Å². The Bertz CT molecular complexity index is 276. The normalized spacial score (nSPS) is 25.2. The largest absolute Gasteiger partial charge is 0.353 e. The van der Waals surface area contributed by atoms with E-state index >= 15 is 0 Å². The summed E-state index contributed by atoms with van der Waals surface area (Å²) >= 11 is 0. The second-order valence-corrected chi connectivity index (χ2v) is 4.25. The van der Waals surface area contributed by atoms with Gasteiger partial charge in [-0.3, -0.25) is 4.79 Å². The van der Waals surface area contributed by atoms with E-state index in [0.717, 1.165) is 19.6 Å². The van der Waals surface area contributed by atoms with Crippen molar-refractivity contribution in [1.82, 2.24) is 20.9 Å². The summed E-state index contributed by atoms with van der Waals surface area (Å²) in [7, 11) is 0. The third-order valence-electron chi connectivity index (χ3n) is 3.01.